The SMILES string of the molecule is C=Cc1ccc(Oc2ccc(C=C)c(/C=C\C)c2)cc1/C=C\C. The fourth-order valence-electron chi connectivity index (χ4n) is 2.39. The van der Waals surface area contributed by atoms with Crippen LogP contribution in [-0.4, -0.2) is 0 Å². The van der Waals surface area contributed by atoms with E-state index in [1.165, 1.54) is 0 Å². The van der Waals surface area contributed by atoms with Gasteiger partial charge in [-0.1, -0.05) is 61.7 Å². The topological polar surface area (TPSA) is 9.23 Å². The van der Waals surface area contributed by atoms with E-state index < -0.39 is 0 Å². The van der Waals surface area contributed by atoms with Crippen molar-refractivity contribution in [2.24, 2.45) is 0 Å². The molecular formula is C22H22O. The second-order valence-electron chi connectivity index (χ2n) is 5.09. The van der Waals surface area contributed by atoms with Gasteiger partial charge in [0, 0.05) is 0 Å². The highest BCUT2D eigenvalue weighted by Crippen LogP contribution is 2.28. The molecule has 0 bridgehead atoms. The summed E-state index contributed by atoms with van der Waals surface area (Å²) in [7, 11) is 0. The van der Waals surface area contributed by atoms with Crippen LogP contribution in [0.3, 0.4) is 0 Å². The first kappa shape index (κ1) is 16.6. The number of benzene rings is 2. The standard InChI is InChI=1S/C22H22O/c1-5-9-19-15-21(13-11-17(19)7-3)23-22-14-12-18(8-4)20(16-22)10-6-2/h5-16H,3-4H2,1-2H3/b9-5-,10-6-. The number of ether oxygens (including phenoxy) is 1. The molecule has 1 heteroatoms. The van der Waals surface area contributed by atoms with Crippen molar-refractivity contribution >= 4 is 24.3 Å². The molecule has 1 nitrogen and oxygen atoms in total. The average molecular weight is 302 g/mol. The van der Waals surface area contributed by atoms with E-state index >= 15 is 0 Å². The minimum Gasteiger partial charge on any atom is -0.457 e. The van der Waals surface area contributed by atoms with Crippen LogP contribution in [0.15, 0.2) is 61.7 Å². The molecule has 0 fully saturated rings. The highest BCUT2D eigenvalue weighted by molar-refractivity contribution is 5.67. The lowest BCUT2D eigenvalue weighted by atomic mass is 10.1. The normalized spacial score (nSPS) is 11.0. The van der Waals surface area contributed by atoms with Crippen molar-refractivity contribution in [3.05, 3.63) is 84.0 Å². The summed E-state index contributed by atoms with van der Waals surface area (Å²) in [6.45, 7) is 11.7. The first-order chi connectivity index (χ1) is 11.2. The summed E-state index contributed by atoms with van der Waals surface area (Å²) in [6, 6.07) is 12.0. The molecule has 0 spiro atoms. The Hall–Kier alpha value is -2.80. The van der Waals surface area contributed by atoms with Gasteiger partial charge >= 0.3 is 0 Å². The maximum Gasteiger partial charge on any atom is 0.128 e. The summed E-state index contributed by atoms with van der Waals surface area (Å²) in [5, 5.41) is 0. The van der Waals surface area contributed by atoms with E-state index in [4.69, 9.17) is 4.74 Å². The van der Waals surface area contributed by atoms with Crippen LogP contribution in [0.25, 0.3) is 24.3 Å². The van der Waals surface area contributed by atoms with Crippen molar-refractivity contribution in [3.8, 4) is 11.5 Å². The van der Waals surface area contributed by atoms with Crippen molar-refractivity contribution < 1.29 is 4.74 Å². The van der Waals surface area contributed by atoms with Gasteiger partial charge in [-0.15, -0.1) is 0 Å². The quantitative estimate of drug-likeness (QED) is 0.568. The third kappa shape index (κ3) is 4.10. The van der Waals surface area contributed by atoms with Crippen LogP contribution in [-0.2, 0) is 0 Å². The molecule has 0 radical (unpaired) electrons. The Labute approximate surface area is 138 Å². The van der Waals surface area contributed by atoms with Crippen LogP contribution in [0.2, 0.25) is 0 Å². The molecule has 0 saturated heterocycles. The molecule has 0 heterocycles. The Bertz CT molecular complexity index is 698. The minimum atomic E-state index is 0.807. The maximum atomic E-state index is 6.01. The van der Waals surface area contributed by atoms with Crippen molar-refractivity contribution in [3.63, 3.8) is 0 Å². The number of hydrogen-bond donors (Lipinski definition) is 0. The minimum absolute atomic E-state index is 0.807. The van der Waals surface area contributed by atoms with E-state index in [2.05, 4.69) is 25.3 Å². The van der Waals surface area contributed by atoms with Crippen LogP contribution >= 0.6 is 0 Å². The average Bonchev–Trinajstić information content (AvgIpc) is 2.56. The van der Waals surface area contributed by atoms with Gasteiger partial charge in [-0.05, 0) is 60.4 Å². The third-order valence-corrected chi connectivity index (χ3v) is 3.48. The van der Waals surface area contributed by atoms with E-state index in [1.807, 2.05) is 74.5 Å². The predicted molar refractivity (Wildman–Crippen MR) is 103 cm³/mol. The largest absolute Gasteiger partial charge is 0.457 e. The Morgan fingerprint density at radius 1 is 0.696 bits per heavy atom. The molecule has 0 aliphatic rings. The number of hydrogen-bond acceptors (Lipinski definition) is 1. The molecule has 23 heavy (non-hydrogen) atoms. The van der Waals surface area contributed by atoms with Gasteiger partial charge in [0.25, 0.3) is 0 Å². The van der Waals surface area contributed by atoms with Crippen LogP contribution in [0.1, 0.15) is 36.1 Å². The fraction of sp³-hybridized carbons (Fsp3) is 0.0909. The number of rotatable bonds is 6. The monoisotopic (exact) mass is 302 g/mol. The maximum absolute atomic E-state index is 6.01. The van der Waals surface area contributed by atoms with Crippen LogP contribution in [0.4, 0.5) is 0 Å². The highest BCUT2D eigenvalue weighted by Gasteiger charge is 2.04. The summed E-state index contributed by atoms with van der Waals surface area (Å²) >= 11 is 0. The van der Waals surface area contributed by atoms with Crippen LogP contribution in [0, 0.1) is 0 Å². The lowest BCUT2D eigenvalue weighted by molar-refractivity contribution is 0.482. The van der Waals surface area contributed by atoms with Gasteiger partial charge in [-0.25, -0.2) is 0 Å². The Morgan fingerprint density at radius 2 is 1.13 bits per heavy atom. The molecule has 0 N–H and O–H groups in total. The smallest absolute Gasteiger partial charge is 0.128 e. The lowest BCUT2D eigenvalue weighted by Crippen LogP contribution is -1.89. The van der Waals surface area contributed by atoms with Crippen LogP contribution in [0.5, 0.6) is 11.5 Å². The Balaban J connectivity index is 2.35. The number of allylic oxidation sites excluding steroid dienone is 2. The third-order valence-electron chi connectivity index (χ3n) is 3.48. The van der Waals surface area contributed by atoms with E-state index in [0.29, 0.717) is 0 Å². The van der Waals surface area contributed by atoms with Crippen molar-refractivity contribution in [2.45, 2.75) is 13.8 Å². The zero-order valence-corrected chi connectivity index (χ0v) is 13.8. The Kier molecular flexibility index (Phi) is 5.76. The van der Waals surface area contributed by atoms with Gasteiger partial charge in [0.05, 0.1) is 0 Å². The van der Waals surface area contributed by atoms with Crippen molar-refractivity contribution in [1.29, 1.82) is 0 Å². The molecule has 2 aromatic carbocycles. The summed E-state index contributed by atoms with van der Waals surface area (Å²) in [4.78, 5) is 0. The predicted octanol–water partition coefficient (Wildman–Crippen LogP) is 6.83. The molecule has 116 valence electrons. The highest BCUT2D eigenvalue weighted by atomic mass is 16.5. The fourth-order valence-corrected chi connectivity index (χ4v) is 2.39. The molecule has 0 amide bonds. The Morgan fingerprint density at radius 3 is 1.48 bits per heavy atom. The molecule has 0 unspecified atom stereocenters. The van der Waals surface area contributed by atoms with Gasteiger partial charge in [0.1, 0.15) is 11.5 Å². The second kappa shape index (κ2) is 8.00. The van der Waals surface area contributed by atoms with Gasteiger partial charge < -0.3 is 4.74 Å². The molecule has 0 aliphatic heterocycles. The first-order valence-corrected chi connectivity index (χ1v) is 7.68. The lowest BCUT2D eigenvalue weighted by Gasteiger charge is -2.10. The van der Waals surface area contributed by atoms with Gasteiger partial charge in [-0.3, -0.25) is 0 Å². The molecule has 0 atom stereocenters. The summed E-state index contributed by atoms with van der Waals surface area (Å²) < 4.78 is 6.01. The van der Waals surface area contributed by atoms with Crippen molar-refractivity contribution in [2.75, 3.05) is 0 Å². The zero-order valence-electron chi connectivity index (χ0n) is 13.8. The molecule has 0 saturated carbocycles. The first-order valence-electron chi connectivity index (χ1n) is 7.68. The van der Waals surface area contributed by atoms with Gasteiger partial charge in [0.15, 0.2) is 0 Å². The summed E-state index contributed by atoms with van der Waals surface area (Å²) in [5.74, 6) is 1.61. The van der Waals surface area contributed by atoms with E-state index in [-0.39, 0.29) is 0 Å². The van der Waals surface area contributed by atoms with E-state index in [9.17, 15) is 0 Å². The molecular weight excluding hydrogens is 280 g/mol. The summed E-state index contributed by atoms with van der Waals surface area (Å²) in [6.07, 6.45) is 11.8. The van der Waals surface area contributed by atoms with Gasteiger partial charge in [-0.2, -0.15) is 0 Å². The van der Waals surface area contributed by atoms with Crippen molar-refractivity contribution in [1.82, 2.24) is 0 Å². The van der Waals surface area contributed by atoms with E-state index in [1.54, 1.807) is 0 Å². The van der Waals surface area contributed by atoms with Crippen LogP contribution < -0.4 is 4.74 Å². The van der Waals surface area contributed by atoms with E-state index in [0.717, 1.165) is 33.8 Å². The molecule has 0 aromatic heterocycles. The summed E-state index contributed by atoms with van der Waals surface area (Å²) in [5.41, 5.74) is 4.37. The molecule has 2 aromatic rings. The molecule has 0 aliphatic carbocycles. The molecule has 2 rings (SSSR count). The second-order valence-corrected chi connectivity index (χ2v) is 5.09. The van der Waals surface area contributed by atoms with Gasteiger partial charge in [0.2, 0.25) is 0 Å². The zero-order chi connectivity index (χ0) is 16.7.